The van der Waals surface area contributed by atoms with Gasteiger partial charge in [-0.25, -0.2) is 9.07 Å². The second-order valence-corrected chi connectivity index (χ2v) is 7.46. The predicted molar refractivity (Wildman–Crippen MR) is 114 cm³/mol. The Bertz CT molecular complexity index is 937. The van der Waals surface area contributed by atoms with Crippen LogP contribution in [0.2, 0.25) is 0 Å². The van der Waals surface area contributed by atoms with Crippen molar-refractivity contribution >= 4 is 18.0 Å². The van der Waals surface area contributed by atoms with Crippen molar-refractivity contribution in [1.82, 2.24) is 15.1 Å². The van der Waals surface area contributed by atoms with Crippen LogP contribution in [0.4, 0.5) is 4.39 Å². The van der Waals surface area contributed by atoms with E-state index in [1.54, 1.807) is 13.0 Å². The molecule has 9 heteroatoms. The Labute approximate surface area is 180 Å². The summed E-state index contributed by atoms with van der Waals surface area (Å²) in [5.41, 5.74) is 1.92. The van der Waals surface area contributed by atoms with Crippen LogP contribution in [0.3, 0.4) is 0 Å². The number of hydrogen-bond acceptors (Lipinski definition) is 5. The summed E-state index contributed by atoms with van der Waals surface area (Å²) in [4.78, 5) is 23.3. The van der Waals surface area contributed by atoms with Gasteiger partial charge in [0.05, 0.1) is 30.0 Å². The number of halogens is 1. The maximum atomic E-state index is 13.4. The predicted octanol–water partition coefficient (Wildman–Crippen LogP) is 2.48. The molecule has 0 aliphatic heterocycles. The molecule has 0 saturated heterocycles. The molecule has 0 radical (unpaired) electrons. The first-order valence-electron chi connectivity index (χ1n) is 10.1. The highest BCUT2D eigenvalue weighted by Gasteiger charge is 2.24. The van der Waals surface area contributed by atoms with Gasteiger partial charge < -0.3 is 20.6 Å². The van der Waals surface area contributed by atoms with Crippen molar-refractivity contribution in [3.63, 3.8) is 0 Å². The van der Waals surface area contributed by atoms with Gasteiger partial charge in [-0.2, -0.15) is 5.10 Å². The van der Waals surface area contributed by atoms with Crippen molar-refractivity contribution in [2.24, 2.45) is 0 Å². The van der Waals surface area contributed by atoms with Gasteiger partial charge in [0.2, 0.25) is 0 Å². The molecule has 0 aliphatic rings. The first kappa shape index (κ1) is 24.2. The summed E-state index contributed by atoms with van der Waals surface area (Å²) >= 11 is 0. The van der Waals surface area contributed by atoms with Crippen LogP contribution in [0.1, 0.15) is 61.3 Å². The van der Waals surface area contributed by atoms with Crippen LogP contribution in [0, 0.1) is 5.82 Å². The third-order valence-electron chi connectivity index (χ3n) is 4.56. The van der Waals surface area contributed by atoms with E-state index in [1.807, 2.05) is 13.8 Å². The van der Waals surface area contributed by atoms with Crippen LogP contribution in [0.5, 0.6) is 0 Å². The number of aliphatic hydroxyl groups is 2. The van der Waals surface area contributed by atoms with E-state index in [0.29, 0.717) is 23.5 Å². The standard InChI is InChI=1S/C22H28FN3O5/c1-4-24-22(31)21-20(13(2)3)18(10-9-16(27)11-17(28)12-19(29)30)26(25-21)15-7-5-14(23)6-8-15/h5-10,13,16-17,27-28H,4,11-12H2,1-3H3,(H,24,31)(H,29,30)/b10-9+/t16-,17-/m1/s1. The Balaban J connectivity index is 2.50. The lowest BCUT2D eigenvalue weighted by atomic mass is 9.98. The number of nitrogens with one attached hydrogen (secondary N) is 1. The SMILES string of the molecule is CCNC(=O)c1nn(-c2ccc(F)cc2)c(/C=C/[C@@H](O)C[C@@H](O)CC(=O)O)c1C(C)C. The molecule has 1 aromatic carbocycles. The molecule has 2 rings (SSSR count). The minimum Gasteiger partial charge on any atom is -0.481 e. The Morgan fingerprint density at radius 2 is 1.87 bits per heavy atom. The van der Waals surface area contributed by atoms with E-state index >= 15 is 0 Å². The zero-order valence-electron chi connectivity index (χ0n) is 17.7. The van der Waals surface area contributed by atoms with Gasteiger partial charge in [-0.3, -0.25) is 9.59 Å². The van der Waals surface area contributed by atoms with Gasteiger partial charge in [-0.1, -0.05) is 19.9 Å². The summed E-state index contributed by atoms with van der Waals surface area (Å²) in [7, 11) is 0. The number of aliphatic hydroxyl groups excluding tert-OH is 2. The molecule has 2 atom stereocenters. The Kier molecular flexibility index (Phi) is 8.47. The highest BCUT2D eigenvalue weighted by molar-refractivity contribution is 5.95. The summed E-state index contributed by atoms with van der Waals surface area (Å²) in [6, 6.07) is 5.61. The highest BCUT2D eigenvalue weighted by Crippen LogP contribution is 2.28. The van der Waals surface area contributed by atoms with Crippen molar-refractivity contribution in [1.29, 1.82) is 0 Å². The van der Waals surface area contributed by atoms with Crippen molar-refractivity contribution < 1.29 is 29.3 Å². The molecule has 0 spiro atoms. The van der Waals surface area contributed by atoms with Crippen LogP contribution < -0.4 is 5.32 Å². The molecule has 168 valence electrons. The highest BCUT2D eigenvalue weighted by atomic mass is 19.1. The van der Waals surface area contributed by atoms with E-state index in [4.69, 9.17) is 5.11 Å². The van der Waals surface area contributed by atoms with E-state index in [0.717, 1.165) is 0 Å². The Hall–Kier alpha value is -3.04. The van der Waals surface area contributed by atoms with Gasteiger partial charge >= 0.3 is 5.97 Å². The summed E-state index contributed by atoms with van der Waals surface area (Å²) in [5.74, 6) is -2.02. The van der Waals surface area contributed by atoms with Crippen molar-refractivity contribution in [3.8, 4) is 5.69 Å². The topological polar surface area (TPSA) is 125 Å². The lowest BCUT2D eigenvalue weighted by Crippen LogP contribution is -2.24. The second-order valence-electron chi connectivity index (χ2n) is 7.46. The maximum Gasteiger partial charge on any atom is 0.305 e. The van der Waals surface area contributed by atoms with Gasteiger partial charge in [-0.15, -0.1) is 0 Å². The fourth-order valence-corrected chi connectivity index (χ4v) is 3.21. The number of carbonyl (C=O) groups excluding carboxylic acids is 1. The van der Waals surface area contributed by atoms with Gasteiger partial charge in [0.1, 0.15) is 5.82 Å². The summed E-state index contributed by atoms with van der Waals surface area (Å²) < 4.78 is 14.9. The minimum absolute atomic E-state index is 0.0961. The van der Waals surface area contributed by atoms with Crippen LogP contribution in [-0.4, -0.2) is 55.7 Å². The van der Waals surface area contributed by atoms with Crippen molar-refractivity contribution in [2.45, 2.75) is 51.7 Å². The van der Waals surface area contributed by atoms with Gasteiger partial charge in [0.15, 0.2) is 5.69 Å². The smallest absolute Gasteiger partial charge is 0.305 e. The van der Waals surface area contributed by atoms with E-state index in [1.165, 1.54) is 35.0 Å². The largest absolute Gasteiger partial charge is 0.481 e. The molecule has 4 N–H and O–H groups in total. The van der Waals surface area contributed by atoms with Crippen molar-refractivity contribution in [3.05, 3.63) is 53.1 Å². The lowest BCUT2D eigenvalue weighted by molar-refractivity contribution is -0.139. The molecule has 31 heavy (non-hydrogen) atoms. The third-order valence-corrected chi connectivity index (χ3v) is 4.56. The molecule has 0 unspecified atom stereocenters. The minimum atomic E-state index is -1.20. The van der Waals surface area contributed by atoms with Crippen LogP contribution >= 0.6 is 0 Å². The molecule has 0 bridgehead atoms. The molecule has 0 saturated carbocycles. The number of benzene rings is 1. The number of aliphatic carboxylic acids is 1. The molecule has 8 nitrogen and oxygen atoms in total. The average molecular weight is 433 g/mol. The van der Waals surface area contributed by atoms with E-state index in [9.17, 15) is 24.2 Å². The number of carbonyl (C=O) groups is 2. The van der Waals surface area contributed by atoms with E-state index < -0.39 is 30.4 Å². The summed E-state index contributed by atoms with van der Waals surface area (Å²) in [6.07, 6.45) is 0.0423. The number of rotatable bonds is 10. The van der Waals surface area contributed by atoms with Gasteiger partial charge in [-0.05, 0) is 43.2 Å². The molecule has 1 heterocycles. The monoisotopic (exact) mass is 433 g/mol. The average Bonchev–Trinajstić information content (AvgIpc) is 3.06. The molecule has 1 amide bonds. The Morgan fingerprint density at radius 3 is 2.42 bits per heavy atom. The number of carboxylic acid groups (broad SMARTS) is 1. The molecule has 1 aromatic heterocycles. The first-order chi connectivity index (χ1) is 14.6. The van der Waals surface area contributed by atoms with Crippen LogP contribution in [0.25, 0.3) is 11.8 Å². The van der Waals surface area contributed by atoms with Gasteiger partial charge in [0, 0.05) is 18.5 Å². The molecule has 2 aromatic rings. The number of nitrogens with zero attached hydrogens (tertiary/aromatic N) is 2. The van der Waals surface area contributed by atoms with E-state index in [2.05, 4.69) is 10.4 Å². The van der Waals surface area contributed by atoms with Crippen LogP contribution in [0.15, 0.2) is 30.3 Å². The number of amides is 1. The van der Waals surface area contributed by atoms with Crippen LogP contribution in [-0.2, 0) is 4.79 Å². The zero-order chi connectivity index (χ0) is 23.1. The molecular formula is C22H28FN3O5. The number of aromatic nitrogens is 2. The Morgan fingerprint density at radius 1 is 1.23 bits per heavy atom. The molecular weight excluding hydrogens is 405 g/mol. The number of carboxylic acids is 1. The fourth-order valence-electron chi connectivity index (χ4n) is 3.21. The first-order valence-corrected chi connectivity index (χ1v) is 10.1. The lowest BCUT2D eigenvalue weighted by Gasteiger charge is -2.12. The third kappa shape index (κ3) is 6.47. The second kappa shape index (κ2) is 10.8. The number of hydrogen-bond donors (Lipinski definition) is 4. The molecule has 0 aliphatic carbocycles. The maximum absolute atomic E-state index is 13.4. The quantitative estimate of drug-likeness (QED) is 0.456. The normalized spacial score (nSPS) is 13.5. The molecule has 0 fully saturated rings. The fraction of sp³-hybridized carbons (Fsp3) is 0.409. The van der Waals surface area contributed by atoms with E-state index in [-0.39, 0.29) is 23.9 Å². The summed E-state index contributed by atoms with van der Waals surface area (Å²) in [6.45, 7) is 6.02. The van der Waals surface area contributed by atoms with Gasteiger partial charge in [0.25, 0.3) is 5.91 Å². The zero-order valence-corrected chi connectivity index (χ0v) is 17.7. The van der Waals surface area contributed by atoms with Crippen molar-refractivity contribution in [2.75, 3.05) is 6.54 Å². The summed E-state index contributed by atoms with van der Waals surface area (Å²) in [5, 5.41) is 35.9.